The second-order valence-corrected chi connectivity index (χ2v) is 2.66. The molecule has 0 N–H and O–H groups in total. The molecule has 1 rings (SSSR count). The van der Waals surface area contributed by atoms with Crippen molar-refractivity contribution in [2.45, 2.75) is 0 Å². The average Bonchev–Trinajstić information content (AvgIpc) is 1.88. The van der Waals surface area contributed by atoms with Crippen LogP contribution >= 0.6 is 23.2 Å². The molecule has 0 aliphatic carbocycles. The Labute approximate surface area is 70.0 Å². The smallest absolute Gasteiger partial charge is 0.0758 e. The Balaban J connectivity index is 3.07. The molecule has 1 aromatic rings. The molecular weight excluding hydrogens is 169 g/mol. The maximum absolute atomic E-state index is 5.75. The van der Waals surface area contributed by atoms with Gasteiger partial charge in [0.25, 0.3) is 0 Å². The zero-order valence-corrected chi connectivity index (χ0v) is 6.95. The van der Waals surface area contributed by atoms with Crippen molar-refractivity contribution in [1.29, 1.82) is 0 Å². The van der Waals surface area contributed by atoms with Crippen LogP contribution in [-0.4, -0.2) is 7.05 Å². The lowest BCUT2D eigenvalue weighted by atomic mass is 10.3. The third-order valence-electron chi connectivity index (χ3n) is 1.15. The quantitative estimate of drug-likeness (QED) is 0.622. The molecule has 1 radical (unpaired) electrons. The van der Waals surface area contributed by atoms with Crippen molar-refractivity contribution in [2.75, 3.05) is 7.05 Å². The fourth-order valence-electron chi connectivity index (χ4n) is 0.663. The number of nitrogens with zero attached hydrogens (tertiary/aromatic N) is 1. The van der Waals surface area contributed by atoms with Gasteiger partial charge in [-0.3, -0.25) is 5.32 Å². The highest BCUT2D eigenvalue weighted by atomic mass is 35.5. The van der Waals surface area contributed by atoms with Gasteiger partial charge in [-0.15, -0.1) is 0 Å². The van der Waals surface area contributed by atoms with E-state index in [1.165, 1.54) is 0 Å². The van der Waals surface area contributed by atoms with Crippen molar-refractivity contribution in [3.05, 3.63) is 28.2 Å². The summed E-state index contributed by atoms with van der Waals surface area (Å²) in [7, 11) is 1.69. The van der Waals surface area contributed by atoms with Gasteiger partial charge in [-0.25, -0.2) is 0 Å². The van der Waals surface area contributed by atoms with Crippen LogP contribution < -0.4 is 5.32 Å². The number of benzene rings is 1. The third-order valence-corrected chi connectivity index (χ3v) is 1.69. The van der Waals surface area contributed by atoms with E-state index in [0.29, 0.717) is 10.0 Å². The van der Waals surface area contributed by atoms with Crippen molar-refractivity contribution >= 4 is 28.9 Å². The predicted octanol–water partition coefficient (Wildman–Crippen LogP) is 2.86. The summed E-state index contributed by atoms with van der Waals surface area (Å²) in [5, 5.41) is 5.15. The lowest BCUT2D eigenvalue weighted by Gasteiger charge is -1.98. The molecule has 1 nitrogen and oxygen atoms in total. The summed E-state index contributed by atoms with van der Waals surface area (Å²) in [6.07, 6.45) is 0. The van der Waals surface area contributed by atoms with Crippen LogP contribution in [0.3, 0.4) is 0 Å². The molecule has 3 heteroatoms. The van der Waals surface area contributed by atoms with Crippen LogP contribution in [-0.2, 0) is 0 Å². The molecule has 0 amide bonds. The predicted molar refractivity (Wildman–Crippen MR) is 44.2 cm³/mol. The molecule has 1 aromatic carbocycles. The first-order chi connectivity index (χ1) is 4.74. The fraction of sp³-hybridized carbons (Fsp3) is 0.143. The number of hydrogen-bond donors (Lipinski definition) is 0. The highest BCUT2D eigenvalue weighted by Crippen LogP contribution is 2.24. The minimum Gasteiger partial charge on any atom is -0.287 e. The molecule has 0 spiro atoms. The summed E-state index contributed by atoms with van der Waals surface area (Å²) in [4.78, 5) is 0. The van der Waals surface area contributed by atoms with Gasteiger partial charge in [-0.2, -0.15) is 0 Å². The van der Waals surface area contributed by atoms with Crippen molar-refractivity contribution < 1.29 is 0 Å². The Morgan fingerprint density at radius 2 is 2.00 bits per heavy atom. The second-order valence-electron chi connectivity index (χ2n) is 1.82. The van der Waals surface area contributed by atoms with Crippen LogP contribution in [0.25, 0.3) is 0 Å². The minimum absolute atomic E-state index is 0.593. The molecule has 0 unspecified atom stereocenters. The molecule has 0 aromatic heterocycles. The first-order valence-electron chi connectivity index (χ1n) is 2.79. The summed E-state index contributed by atoms with van der Waals surface area (Å²) in [6, 6.07) is 5.21. The number of halogens is 2. The molecule has 0 saturated heterocycles. The van der Waals surface area contributed by atoms with Gasteiger partial charge >= 0.3 is 0 Å². The molecular formula is C7H6Cl2N. The second kappa shape index (κ2) is 3.13. The molecule has 0 aliphatic heterocycles. The van der Waals surface area contributed by atoms with E-state index in [2.05, 4.69) is 5.32 Å². The maximum atomic E-state index is 5.75. The van der Waals surface area contributed by atoms with Crippen molar-refractivity contribution in [3.63, 3.8) is 0 Å². The van der Waals surface area contributed by atoms with Gasteiger partial charge in [0.2, 0.25) is 0 Å². The summed E-state index contributed by atoms with van der Waals surface area (Å²) in [5.74, 6) is 0. The third kappa shape index (κ3) is 1.55. The first kappa shape index (κ1) is 7.70. The average molecular weight is 175 g/mol. The van der Waals surface area contributed by atoms with Crippen LogP contribution in [0.4, 0.5) is 5.69 Å². The van der Waals surface area contributed by atoms with Gasteiger partial charge < -0.3 is 0 Å². The van der Waals surface area contributed by atoms with Crippen LogP contribution in [0.2, 0.25) is 10.0 Å². The monoisotopic (exact) mass is 174 g/mol. The molecule has 0 bridgehead atoms. The molecule has 0 aliphatic rings. The Morgan fingerprint density at radius 1 is 1.30 bits per heavy atom. The Bertz CT molecular complexity index is 235. The minimum atomic E-state index is 0.593. The van der Waals surface area contributed by atoms with E-state index in [1.807, 2.05) is 0 Å². The summed E-state index contributed by atoms with van der Waals surface area (Å²) >= 11 is 11.4. The van der Waals surface area contributed by atoms with Crippen molar-refractivity contribution in [1.82, 2.24) is 5.32 Å². The molecule has 0 atom stereocenters. The zero-order valence-electron chi connectivity index (χ0n) is 5.44. The lowest BCUT2D eigenvalue weighted by molar-refractivity contribution is 1.09. The van der Waals surface area contributed by atoms with Gasteiger partial charge in [0.05, 0.1) is 10.7 Å². The highest BCUT2D eigenvalue weighted by molar-refractivity contribution is 6.36. The normalized spacial score (nSPS) is 9.50. The topological polar surface area (TPSA) is 14.1 Å². The Hall–Kier alpha value is -0.400. The van der Waals surface area contributed by atoms with Crippen molar-refractivity contribution in [2.24, 2.45) is 0 Å². The van der Waals surface area contributed by atoms with Crippen LogP contribution in [0.5, 0.6) is 0 Å². The Kier molecular flexibility index (Phi) is 2.41. The summed E-state index contributed by atoms with van der Waals surface area (Å²) in [5.41, 5.74) is 0.770. The molecule has 53 valence electrons. The van der Waals surface area contributed by atoms with Crippen LogP contribution in [0.15, 0.2) is 18.2 Å². The largest absolute Gasteiger partial charge is 0.287 e. The van der Waals surface area contributed by atoms with E-state index in [-0.39, 0.29) is 0 Å². The van der Waals surface area contributed by atoms with Gasteiger partial charge in [0, 0.05) is 12.1 Å². The van der Waals surface area contributed by atoms with Gasteiger partial charge in [0.1, 0.15) is 0 Å². The van der Waals surface area contributed by atoms with Crippen LogP contribution in [0, 0.1) is 0 Å². The van der Waals surface area contributed by atoms with Gasteiger partial charge in [0.15, 0.2) is 0 Å². The lowest BCUT2D eigenvalue weighted by Crippen LogP contribution is -1.86. The highest BCUT2D eigenvalue weighted by Gasteiger charge is 1.97. The standard InChI is InChI=1S/C7H6Cl2N/c1-10-7-3-2-5(8)4-6(7)9/h2-4H,1H3. The molecule has 0 saturated carbocycles. The van der Waals surface area contributed by atoms with E-state index in [0.717, 1.165) is 5.69 Å². The molecule has 0 fully saturated rings. The van der Waals surface area contributed by atoms with E-state index >= 15 is 0 Å². The molecule has 0 heterocycles. The number of hydrogen-bond acceptors (Lipinski definition) is 0. The van der Waals surface area contributed by atoms with E-state index < -0.39 is 0 Å². The van der Waals surface area contributed by atoms with Gasteiger partial charge in [-0.1, -0.05) is 23.2 Å². The summed E-state index contributed by atoms with van der Waals surface area (Å²) in [6.45, 7) is 0. The number of rotatable bonds is 1. The SMILES string of the molecule is C[N]c1ccc(Cl)cc1Cl. The van der Waals surface area contributed by atoms with E-state index in [1.54, 1.807) is 25.2 Å². The Morgan fingerprint density at radius 3 is 2.50 bits per heavy atom. The fourth-order valence-corrected chi connectivity index (χ4v) is 1.16. The summed E-state index contributed by atoms with van der Waals surface area (Å²) < 4.78 is 0. The zero-order chi connectivity index (χ0) is 7.56. The van der Waals surface area contributed by atoms with E-state index in [9.17, 15) is 0 Å². The van der Waals surface area contributed by atoms with E-state index in [4.69, 9.17) is 23.2 Å². The van der Waals surface area contributed by atoms with Gasteiger partial charge in [-0.05, 0) is 18.2 Å². The van der Waals surface area contributed by atoms with Crippen LogP contribution in [0.1, 0.15) is 0 Å². The first-order valence-corrected chi connectivity index (χ1v) is 3.54. The molecule has 10 heavy (non-hydrogen) atoms. The van der Waals surface area contributed by atoms with Crippen molar-refractivity contribution in [3.8, 4) is 0 Å². The maximum Gasteiger partial charge on any atom is 0.0758 e.